The Labute approximate surface area is 116 Å². The lowest BCUT2D eigenvalue weighted by Gasteiger charge is -2.13. The SMILES string of the molecule is COc1cc(CN=Nc2ncc[nH]2)cc(OC)c1OC. The van der Waals surface area contributed by atoms with Crippen molar-refractivity contribution >= 4 is 5.95 Å². The van der Waals surface area contributed by atoms with E-state index in [1.54, 1.807) is 33.7 Å². The van der Waals surface area contributed by atoms with Crippen LogP contribution < -0.4 is 14.2 Å². The van der Waals surface area contributed by atoms with Gasteiger partial charge in [0.25, 0.3) is 0 Å². The Morgan fingerprint density at radius 1 is 1.10 bits per heavy atom. The zero-order chi connectivity index (χ0) is 14.4. The van der Waals surface area contributed by atoms with Crippen LogP contribution in [-0.2, 0) is 6.54 Å². The summed E-state index contributed by atoms with van der Waals surface area (Å²) in [5.74, 6) is 2.21. The smallest absolute Gasteiger partial charge is 0.246 e. The number of nitrogens with one attached hydrogen (secondary N) is 1. The first-order chi connectivity index (χ1) is 9.78. The molecule has 0 saturated carbocycles. The van der Waals surface area contributed by atoms with Gasteiger partial charge in [0.1, 0.15) is 0 Å². The fraction of sp³-hybridized carbons (Fsp3) is 0.308. The molecule has 2 aromatic rings. The number of benzene rings is 1. The molecule has 106 valence electrons. The third-order valence-corrected chi connectivity index (χ3v) is 2.63. The second kappa shape index (κ2) is 6.55. The number of nitrogens with zero attached hydrogens (tertiary/aromatic N) is 3. The summed E-state index contributed by atoms with van der Waals surface area (Å²) < 4.78 is 15.8. The van der Waals surface area contributed by atoms with E-state index in [9.17, 15) is 0 Å². The van der Waals surface area contributed by atoms with Crippen molar-refractivity contribution in [3.8, 4) is 17.2 Å². The highest BCUT2D eigenvalue weighted by Gasteiger charge is 2.12. The molecule has 1 aromatic carbocycles. The molecule has 0 aliphatic rings. The van der Waals surface area contributed by atoms with Crippen molar-refractivity contribution in [1.29, 1.82) is 0 Å². The molecule has 7 heteroatoms. The number of rotatable bonds is 6. The Kier molecular flexibility index (Phi) is 4.54. The molecule has 0 aliphatic heterocycles. The Hall–Kier alpha value is -2.57. The lowest BCUT2D eigenvalue weighted by molar-refractivity contribution is 0.324. The number of ether oxygens (including phenoxy) is 3. The highest BCUT2D eigenvalue weighted by Crippen LogP contribution is 2.38. The number of H-pyrrole nitrogens is 1. The molecule has 0 atom stereocenters. The zero-order valence-corrected chi connectivity index (χ0v) is 11.6. The van der Waals surface area contributed by atoms with Gasteiger partial charge < -0.3 is 19.2 Å². The summed E-state index contributed by atoms with van der Waals surface area (Å²) in [5.41, 5.74) is 0.898. The van der Waals surface area contributed by atoms with Gasteiger partial charge in [0, 0.05) is 12.4 Å². The number of hydrogen-bond donors (Lipinski definition) is 1. The monoisotopic (exact) mass is 276 g/mol. The van der Waals surface area contributed by atoms with Crippen molar-refractivity contribution < 1.29 is 14.2 Å². The first-order valence-corrected chi connectivity index (χ1v) is 5.94. The predicted molar refractivity (Wildman–Crippen MR) is 72.9 cm³/mol. The van der Waals surface area contributed by atoms with E-state index in [2.05, 4.69) is 20.2 Å². The van der Waals surface area contributed by atoms with Gasteiger partial charge >= 0.3 is 0 Å². The number of aromatic nitrogens is 2. The van der Waals surface area contributed by atoms with Crippen molar-refractivity contribution in [3.05, 3.63) is 30.1 Å². The first-order valence-electron chi connectivity index (χ1n) is 5.94. The summed E-state index contributed by atoms with van der Waals surface area (Å²) in [5, 5.41) is 8.03. The Bertz CT molecular complexity index is 556. The fourth-order valence-corrected chi connectivity index (χ4v) is 1.72. The van der Waals surface area contributed by atoms with E-state index in [4.69, 9.17) is 14.2 Å². The van der Waals surface area contributed by atoms with Gasteiger partial charge in [-0.2, -0.15) is 5.11 Å². The van der Waals surface area contributed by atoms with E-state index in [1.165, 1.54) is 0 Å². The van der Waals surface area contributed by atoms with E-state index < -0.39 is 0 Å². The van der Waals surface area contributed by atoms with Crippen LogP contribution in [0.4, 0.5) is 5.95 Å². The number of methoxy groups -OCH3 is 3. The van der Waals surface area contributed by atoms with E-state index in [1.807, 2.05) is 12.1 Å². The highest BCUT2D eigenvalue weighted by atomic mass is 16.5. The number of azo groups is 1. The number of imidazole rings is 1. The topological polar surface area (TPSA) is 81.1 Å². The van der Waals surface area contributed by atoms with Gasteiger partial charge in [-0.1, -0.05) is 0 Å². The lowest BCUT2D eigenvalue weighted by Crippen LogP contribution is -1.96. The van der Waals surface area contributed by atoms with Crippen molar-refractivity contribution in [2.24, 2.45) is 10.2 Å². The van der Waals surface area contributed by atoms with E-state index in [0.29, 0.717) is 29.7 Å². The molecular weight excluding hydrogens is 260 g/mol. The first kappa shape index (κ1) is 13.9. The molecular formula is C13H16N4O3. The quantitative estimate of drug-likeness (QED) is 0.822. The maximum absolute atomic E-state index is 5.28. The van der Waals surface area contributed by atoms with Crippen LogP contribution >= 0.6 is 0 Å². The molecule has 1 N–H and O–H groups in total. The minimum absolute atomic E-state index is 0.386. The van der Waals surface area contributed by atoms with Crippen molar-refractivity contribution in [2.75, 3.05) is 21.3 Å². The summed E-state index contributed by atoms with van der Waals surface area (Å²) in [6, 6.07) is 3.67. The third kappa shape index (κ3) is 3.05. The Balaban J connectivity index is 2.19. The van der Waals surface area contributed by atoms with Crippen LogP contribution in [0, 0.1) is 0 Å². The van der Waals surface area contributed by atoms with E-state index in [-0.39, 0.29) is 0 Å². The molecule has 0 amide bonds. The Morgan fingerprint density at radius 2 is 1.80 bits per heavy atom. The standard InChI is InChI=1S/C13H16N4O3/c1-18-10-6-9(7-11(19-2)12(10)20-3)8-16-17-13-14-4-5-15-13/h4-7H,8H2,1-3H3,(H,14,15). The molecule has 20 heavy (non-hydrogen) atoms. The van der Waals surface area contributed by atoms with Gasteiger partial charge in [0.2, 0.25) is 11.7 Å². The summed E-state index contributed by atoms with van der Waals surface area (Å²) in [6.07, 6.45) is 3.31. The number of hydrogen-bond acceptors (Lipinski definition) is 6. The van der Waals surface area contributed by atoms with Crippen LogP contribution in [0.1, 0.15) is 5.56 Å². The van der Waals surface area contributed by atoms with Crippen molar-refractivity contribution in [2.45, 2.75) is 6.54 Å². The average molecular weight is 276 g/mol. The van der Waals surface area contributed by atoms with Crippen molar-refractivity contribution in [3.63, 3.8) is 0 Å². The molecule has 0 fully saturated rings. The fourth-order valence-electron chi connectivity index (χ4n) is 1.72. The number of aromatic amines is 1. The summed E-state index contributed by atoms with van der Waals surface area (Å²) >= 11 is 0. The minimum Gasteiger partial charge on any atom is -0.493 e. The maximum atomic E-state index is 5.28. The van der Waals surface area contributed by atoms with Crippen LogP contribution in [0.3, 0.4) is 0 Å². The van der Waals surface area contributed by atoms with Gasteiger partial charge in [0.05, 0.1) is 27.9 Å². The van der Waals surface area contributed by atoms with Gasteiger partial charge in [-0.15, -0.1) is 5.11 Å². The second-order valence-electron chi connectivity index (χ2n) is 3.85. The third-order valence-electron chi connectivity index (χ3n) is 2.63. The molecule has 2 rings (SSSR count). The Morgan fingerprint density at radius 3 is 2.30 bits per heavy atom. The van der Waals surface area contributed by atoms with Crippen LogP contribution in [0.5, 0.6) is 17.2 Å². The van der Waals surface area contributed by atoms with Gasteiger partial charge in [0.15, 0.2) is 11.5 Å². The normalized spacial score (nSPS) is 10.8. The molecule has 7 nitrogen and oxygen atoms in total. The van der Waals surface area contributed by atoms with Gasteiger partial charge in [-0.05, 0) is 17.7 Å². The summed E-state index contributed by atoms with van der Waals surface area (Å²) in [4.78, 5) is 6.80. The van der Waals surface area contributed by atoms with Gasteiger partial charge in [-0.3, -0.25) is 0 Å². The van der Waals surface area contributed by atoms with E-state index in [0.717, 1.165) is 5.56 Å². The van der Waals surface area contributed by atoms with Crippen molar-refractivity contribution in [1.82, 2.24) is 9.97 Å². The molecule has 1 aromatic heterocycles. The van der Waals surface area contributed by atoms with Crippen LogP contribution in [-0.4, -0.2) is 31.3 Å². The van der Waals surface area contributed by atoms with Gasteiger partial charge in [-0.25, -0.2) is 4.98 Å². The summed E-state index contributed by atoms with van der Waals surface area (Å²) in [6.45, 7) is 0.386. The molecule has 0 unspecified atom stereocenters. The summed E-state index contributed by atoms with van der Waals surface area (Å²) in [7, 11) is 4.72. The van der Waals surface area contributed by atoms with Crippen LogP contribution in [0.15, 0.2) is 34.8 Å². The van der Waals surface area contributed by atoms with E-state index >= 15 is 0 Å². The minimum atomic E-state index is 0.386. The second-order valence-corrected chi connectivity index (χ2v) is 3.85. The zero-order valence-electron chi connectivity index (χ0n) is 11.6. The molecule has 1 heterocycles. The average Bonchev–Trinajstić information content (AvgIpc) is 2.99. The molecule has 0 bridgehead atoms. The molecule has 0 radical (unpaired) electrons. The maximum Gasteiger partial charge on any atom is 0.246 e. The predicted octanol–water partition coefficient (Wildman–Crippen LogP) is 2.72. The molecule has 0 spiro atoms. The lowest BCUT2D eigenvalue weighted by atomic mass is 10.2. The largest absolute Gasteiger partial charge is 0.493 e. The van der Waals surface area contributed by atoms with Crippen LogP contribution in [0.25, 0.3) is 0 Å². The van der Waals surface area contributed by atoms with Crippen LogP contribution in [0.2, 0.25) is 0 Å². The molecule has 0 aliphatic carbocycles. The highest BCUT2D eigenvalue weighted by molar-refractivity contribution is 5.53. The molecule has 0 saturated heterocycles.